The molecule has 0 aliphatic carbocycles. The Hall–Kier alpha value is -3.08. The summed E-state index contributed by atoms with van der Waals surface area (Å²) in [6.07, 6.45) is 5.66. The minimum atomic E-state index is 0.515. The van der Waals surface area contributed by atoms with Gasteiger partial charge < -0.3 is 0 Å². The van der Waals surface area contributed by atoms with Crippen LogP contribution in [0.4, 0.5) is 0 Å². The predicted octanol–water partition coefficient (Wildman–Crippen LogP) is 4.58. The zero-order valence-corrected chi connectivity index (χ0v) is 15.4. The molecule has 0 unspecified atom stereocenters. The first-order chi connectivity index (χ1) is 12.5. The van der Waals surface area contributed by atoms with Crippen molar-refractivity contribution in [2.75, 3.05) is 0 Å². The fourth-order valence-corrected chi connectivity index (χ4v) is 2.95. The molecule has 0 N–H and O–H groups in total. The van der Waals surface area contributed by atoms with E-state index in [4.69, 9.17) is 4.98 Å². The van der Waals surface area contributed by atoms with E-state index >= 15 is 0 Å². The fourth-order valence-electron chi connectivity index (χ4n) is 2.95. The highest BCUT2D eigenvalue weighted by atomic mass is 15.3. The Kier molecular flexibility index (Phi) is 3.99. The first-order valence-electron chi connectivity index (χ1n) is 8.79. The average molecular weight is 343 g/mol. The predicted molar refractivity (Wildman–Crippen MR) is 105 cm³/mol. The van der Waals surface area contributed by atoms with Crippen LogP contribution >= 0.6 is 0 Å². The molecule has 0 radical (unpaired) electrons. The molecular weight excluding hydrogens is 322 g/mol. The summed E-state index contributed by atoms with van der Waals surface area (Å²) in [6, 6.07) is 10.6. The van der Waals surface area contributed by atoms with Gasteiger partial charge in [0.25, 0.3) is 0 Å². The molecule has 5 heteroatoms. The third-order valence-electron chi connectivity index (χ3n) is 4.53. The molecule has 0 amide bonds. The molecule has 130 valence electrons. The number of hydrogen-bond donors (Lipinski definition) is 0. The normalized spacial score (nSPS) is 12.0. The van der Waals surface area contributed by atoms with Crippen LogP contribution < -0.4 is 0 Å². The van der Waals surface area contributed by atoms with E-state index in [0.29, 0.717) is 11.7 Å². The Morgan fingerprint density at radius 1 is 1.00 bits per heavy atom. The molecule has 5 nitrogen and oxygen atoms in total. The van der Waals surface area contributed by atoms with Crippen LogP contribution in [0.25, 0.3) is 28.7 Å². The number of aromatic nitrogens is 5. The molecule has 0 fully saturated rings. The molecule has 0 bridgehead atoms. The highest BCUT2D eigenvalue weighted by molar-refractivity contribution is 5.81. The molecule has 26 heavy (non-hydrogen) atoms. The Labute approximate surface area is 152 Å². The summed E-state index contributed by atoms with van der Waals surface area (Å²) in [6.45, 7) is 8.31. The number of rotatable bonds is 3. The van der Waals surface area contributed by atoms with Gasteiger partial charge in [0.15, 0.2) is 11.5 Å². The minimum absolute atomic E-state index is 0.515. The van der Waals surface area contributed by atoms with Crippen LogP contribution in [-0.2, 0) is 0 Å². The Bertz CT molecular complexity index is 1100. The van der Waals surface area contributed by atoms with Gasteiger partial charge in [0.05, 0.1) is 11.2 Å². The van der Waals surface area contributed by atoms with E-state index in [0.717, 1.165) is 33.6 Å². The van der Waals surface area contributed by atoms with E-state index in [1.165, 1.54) is 5.56 Å². The van der Waals surface area contributed by atoms with Crippen LogP contribution in [0.2, 0.25) is 0 Å². The second kappa shape index (κ2) is 6.33. The average Bonchev–Trinajstić information content (AvgIpc) is 3.08. The van der Waals surface area contributed by atoms with E-state index in [-0.39, 0.29) is 0 Å². The van der Waals surface area contributed by atoms with Gasteiger partial charge in [-0.1, -0.05) is 26.0 Å². The molecular formula is C21H21N5. The van der Waals surface area contributed by atoms with E-state index in [1.807, 2.05) is 38.3 Å². The van der Waals surface area contributed by atoms with Crippen molar-refractivity contribution in [3.8, 4) is 0 Å². The first kappa shape index (κ1) is 16.4. The van der Waals surface area contributed by atoms with Gasteiger partial charge in [-0.25, -0.2) is 15.0 Å². The van der Waals surface area contributed by atoms with Crippen molar-refractivity contribution in [3.05, 3.63) is 65.0 Å². The molecule has 3 aromatic heterocycles. The topological polar surface area (TPSA) is 56.0 Å². The maximum Gasteiger partial charge on any atom is 0.175 e. The summed E-state index contributed by atoms with van der Waals surface area (Å²) in [5, 5.41) is 5.67. The molecule has 0 saturated heterocycles. The van der Waals surface area contributed by atoms with Crippen LogP contribution in [0.15, 0.2) is 36.5 Å². The Balaban J connectivity index is 1.67. The quantitative estimate of drug-likeness (QED) is 0.546. The molecule has 0 saturated carbocycles. The lowest BCUT2D eigenvalue weighted by Crippen LogP contribution is -1.98. The first-order valence-corrected chi connectivity index (χ1v) is 8.79. The smallest absolute Gasteiger partial charge is 0.175 e. The van der Waals surface area contributed by atoms with Gasteiger partial charge in [0.2, 0.25) is 0 Å². The maximum absolute atomic E-state index is 4.72. The van der Waals surface area contributed by atoms with Crippen LogP contribution in [0.3, 0.4) is 0 Å². The molecule has 4 aromatic rings. The van der Waals surface area contributed by atoms with Crippen LogP contribution in [-0.4, -0.2) is 24.6 Å². The molecule has 0 spiro atoms. The second-order valence-electron chi connectivity index (χ2n) is 6.87. The highest BCUT2D eigenvalue weighted by Gasteiger charge is 2.07. The van der Waals surface area contributed by atoms with E-state index < -0.39 is 0 Å². The summed E-state index contributed by atoms with van der Waals surface area (Å²) in [4.78, 5) is 13.6. The van der Waals surface area contributed by atoms with Crippen molar-refractivity contribution in [1.82, 2.24) is 24.6 Å². The van der Waals surface area contributed by atoms with Crippen LogP contribution in [0.5, 0.6) is 0 Å². The van der Waals surface area contributed by atoms with E-state index in [9.17, 15) is 0 Å². The summed E-state index contributed by atoms with van der Waals surface area (Å²) in [7, 11) is 0. The van der Waals surface area contributed by atoms with Gasteiger partial charge >= 0.3 is 0 Å². The zero-order valence-electron chi connectivity index (χ0n) is 15.4. The van der Waals surface area contributed by atoms with Crippen molar-refractivity contribution < 1.29 is 0 Å². The molecule has 0 aliphatic heterocycles. The van der Waals surface area contributed by atoms with Crippen LogP contribution in [0.1, 0.15) is 48.2 Å². The molecule has 1 aromatic carbocycles. The monoisotopic (exact) mass is 343 g/mol. The number of pyridine rings is 1. The van der Waals surface area contributed by atoms with Crippen LogP contribution in [0, 0.1) is 13.8 Å². The maximum atomic E-state index is 4.72. The largest absolute Gasteiger partial charge is 0.248 e. The Morgan fingerprint density at radius 2 is 1.85 bits per heavy atom. The van der Waals surface area contributed by atoms with Crippen molar-refractivity contribution in [2.24, 2.45) is 0 Å². The van der Waals surface area contributed by atoms with E-state index in [2.05, 4.69) is 53.2 Å². The lowest BCUT2D eigenvalue weighted by atomic mass is 10.0. The van der Waals surface area contributed by atoms with E-state index in [1.54, 1.807) is 4.52 Å². The third-order valence-corrected chi connectivity index (χ3v) is 4.53. The van der Waals surface area contributed by atoms with Crippen molar-refractivity contribution in [1.29, 1.82) is 0 Å². The third kappa shape index (κ3) is 2.96. The highest BCUT2D eigenvalue weighted by Crippen LogP contribution is 2.21. The molecule has 0 aliphatic rings. The van der Waals surface area contributed by atoms with Crippen molar-refractivity contribution in [2.45, 2.75) is 33.6 Å². The number of nitrogens with zero attached hydrogens (tertiary/aromatic N) is 5. The summed E-state index contributed by atoms with van der Waals surface area (Å²) in [5.41, 5.74) is 5.06. The van der Waals surface area contributed by atoms with Crippen molar-refractivity contribution >= 4 is 28.7 Å². The van der Waals surface area contributed by atoms with Gasteiger partial charge in [-0.3, -0.25) is 0 Å². The van der Waals surface area contributed by atoms with Crippen molar-refractivity contribution in [3.63, 3.8) is 0 Å². The molecule has 3 heterocycles. The lowest BCUT2D eigenvalue weighted by Gasteiger charge is -2.06. The number of aryl methyl sites for hydroxylation is 2. The molecule has 0 atom stereocenters. The SMILES string of the molecule is Cc1cnc(C)n2nc(C=Cc3ccc4cc(C(C)C)ccc4n3)nc12. The number of fused-ring (bicyclic) bond motifs is 2. The van der Waals surface area contributed by atoms with Gasteiger partial charge in [0, 0.05) is 17.1 Å². The lowest BCUT2D eigenvalue weighted by molar-refractivity contribution is 0.854. The summed E-state index contributed by atoms with van der Waals surface area (Å²) >= 11 is 0. The standard InChI is InChI=1S/C21H21N5/c1-13(2)16-6-9-19-17(11-16)5-7-18(23-19)8-10-20-24-21-14(3)12-22-15(4)26(21)25-20/h5-13H,1-4H3. The second-order valence-corrected chi connectivity index (χ2v) is 6.87. The van der Waals surface area contributed by atoms with Gasteiger partial charge in [0.1, 0.15) is 5.82 Å². The number of benzene rings is 1. The summed E-state index contributed by atoms with van der Waals surface area (Å²) in [5.74, 6) is 1.99. The minimum Gasteiger partial charge on any atom is -0.248 e. The summed E-state index contributed by atoms with van der Waals surface area (Å²) < 4.78 is 1.77. The molecule has 4 rings (SSSR count). The fraction of sp³-hybridized carbons (Fsp3) is 0.238. The van der Waals surface area contributed by atoms with Gasteiger partial charge in [-0.15, -0.1) is 5.10 Å². The van der Waals surface area contributed by atoms with Gasteiger partial charge in [-0.05, 0) is 55.7 Å². The number of hydrogen-bond acceptors (Lipinski definition) is 4. The zero-order chi connectivity index (χ0) is 18.3. The van der Waals surface area contributed by atoms with Gasteiger partial charge in [-0.2, -0.15) is 4.52 Å². The Morgan fingerprint density at radius 3 is 2.62 bits per heavy atom.